The summed E-state index contributed by atoms with van der Waals surface area (Å²) in [6.45, 7) is 3.33. The maximum atomic E-state index is 13.5. The predicted octanol–water partition coefficient (Wildman–Crippen LogP) is 2.48. The van der Waals surface area contributed by atoms with Crippen molar-refractivity contribution < 1.29 is 23.2 Å². The first kappa shape index (κ1) is 15.8. The van der Waals surface area contributed by atoms with Crippen LogP contribution in [-0.2, 0) is 9.53 Å². The molecule has 0 bridgehead atoms. The molecule has 110 valence electrons. The summed E-state index contributed by atoms with van der Waals surface area (Å²) < 4.78 is 31.2. The molecule has 6 nitrogen and oxygen atoms in total. The summed E-state index contributed by atoms with van der Waals surface area (Å²) in [4.78, 5) is 21.4. The topological polar surface area (TPSA) is 81.5 Å². The molecule has 0 aliphatic heterocycles. The number of hydrogen-bond donors (Lipinski definition) is 1. The van der Waals surface area contributed by atoms with Gasteiger partial charge in [0, 0.05) is 12.1 Å². The molecule has 0 heterocycles. The monoisotopic (exact) mass is 288 g/mol. The summed E-state index contributed by atoms with van der Waals surface area (Å²) in [6, 6.07) is 0.214. The average molecular weight is 288 g/mol. The van der Waals surface area contributed by atoms with Gasteiger partial charge in [0.2, 0.25) is 5.82 Å². The van der Waals surface area contributed by atoms with E-state index in [0.717, 1.165) is 13.2 Å². The molecule has 20 heavy (non-hydrogen) atoms. The van der Waals surface area contributed by atoms with Gasteiger partial charge in [0.25, 0.3) is 0 Å². The number of rotatable bonds is 5. The molecule has 0 amide bonds. The van der Waals surface area contributed by atoms with Gasteiger partial charge in [-0.3, -0.25) is 10.1 Å². The fourth-order valence-electron chi connectivity index (χ4n) is 1.65. The normalized spacial score (nSPS) is 12.1. The molecule has 1 unspecified atom stereocenters. The van der Waals surface area contributed by atoms with Gasteiger partial charge in [0.1, 0.15) is 17.5 Å². The number of benzene rings is 1. The number of nitrogens with one attached hydrogen (secondary N) is 1. The number of ether oxygens (including phenoxy) is 1. The molecule has 0 spiro atoms. The van der Waals surface area contributed by atoms with Crippen molar-refractivity contribution in [3.63, 3.8) is 0 Å². The summed E-state index contributed by atoms with van der Waals surface area (Å²) in [7, 11) is 1.15. The Hall–Kier alpha value is -2.25. The average Bonchev–Trinajstić information content (AvgIpc) is 2.33. The molecule has 1 aromatic carbocycles. The number of anilines is 1. The van der Waals surface area contributed by atoms with Gasteiger partial charge in [0.15, 0.2) is 0 Å². The summed E-state index contributed by atoms with van der Waals surface area (Å²) in [5, 5.41) is 13.3. The zero-order chi connectivity index (χ0) is 15.4. The maximum Gasteiger partial charge on any atom is 0.328 e. The van der Waals surface area contributed by atoms with Crippen LogP contribution in [0.3, 0.4) is 0 Å². The Kier molecular flexibility index (Phi) is 4.95. The fourth-order valence-corrected chi connectivity index (χ4v) is 1.65. The molecule has 8 heteroatoms. The molecule has 0 saturated carbocycles. The van der Waals surface area contributed by atoms with Gasteiger partial charge in [0.05, 0.1) is 12.0 Å². The third-order valence-electron chi connectivity index (χ3n) is 2.64. The molecule has 0 aromatic heterocycles. The lowest BCUT2D eigenvalue weighted by Gasteiger charge is -2.20. The van der Waals surface area contributed by atoms with E-state index in [9.17, 15) is 23.7 Å². The van der Waals surface area contributed by atoms with Gasteiger partial charge in [-0.1, -0.05) is 13.8 Å². The maximum absolute atomic E-state index is 13.5. The number of nitrogens with zero attached hydrogens (tertiary/aromatic N) is 1. The minimum Gasteiger partial charge on any atom is -0.467 e. The fraction of sp³-hybridized carbons (Fsp3) is 0.417. The van der Waals surface area contributed by atoms with Crippen LogP contribution in [0.4, 0.5) is 20.2 Å². The van der Waals surface area contributed by atoms with E-state index in [4.69, 9.17) is 0 Å². The molecule has 0 radical (unpaired) electrons. The van der Waals surface area contributed by atoms with Crippen LogP contribution in [-0.4, -0.2) is 24.0 Å². The predicted molar refractivity (Wildman–Crippen MR) is 67.3 cm³/mol. The Labute approximate surface area is 113 Å². The molecule has 1 atom stereocenters. The number of nitro benzene ring substituents is 1. The Morgan fingerprint density at radius 2 is 2.00 bits per heavy atom. The Bertz CT molecular complexity index is 534. The first-order valence-electron chi connectivity index (χ1n) is 5.75. The highest BCUT2D eigenvalue weighted by atomic mass is 19.1. The molecule has 0 aliphatic carbocycles. The highest BCUT2D eigenvalue weighted by molar-refractivity contribution is 5.81. The van der Waals surface area contributed by atoms with Gasteiger partial charge >= 0.3 is 11.7 Å². The Balaban J connectivity index is 3.24. The zero-order valence-corrected chi connectivity index (χ0v) is 11.1. The van der Waals surface area contributed by atoms with Gasteiger partial charge in [-0.25, -0.2) is 9.18 Å². The van der Waals surface area contributed by atoms with E-state index >= 15 is 0 Å². The SMILES string of the molecule is COC(=O)C(Nc1cc(F)cc(F)c1[N+](=O)[O-])C(C)C. The molecule has 0 fully saturated rings. The minimum absolute atomic E-state index is 0.298. The van der Waals surface area contributed by atoms with E-state index in [0.29, 0.717) is 6.07 Å². The summed E-state index contributed by atoms with van der Waals surface area (Å²) >= 11 is 0. The molecule has 1 N–H and O–H groups in total. The van der Waals surface area contributed by atoms with E-state index in [-0.39, 0.29) is 5.92 Å². The number of halogens is 2. The summed E-state index contributed by atoms with van der Waals surface area (Å²) in [5.41, 5.74) is -1.32. The van der Waals surface area contributed by atoms with Crippen LogP contribution in [0.15, 0.2) is 12.1 Å². The molecular weight excluding hydrogens is 274 g/mol. The first-order chi connectivity index (χ1) is 9.27. The quantitative estimate of drug-likeness (QED) is 0.511. The van der Waals surface area contributed by atoms with Gasteiger partial charge in [-0.2, -0.15) is 4.39 Å². The van der Waals surface area contributed by atoms with Crippen molar-refractivity contribution >= 4 is 17.3 Å². The standard InChI is InChI=1S/C12H14F2N2O4/c1-6(2)10(12(17)20-3)15-9-5-7(13)4-8(14)11(9)16(18)19/h4-6,10,15H,1-3H3. The largest absolute Gasteiger partial charge is 0.467 e. The molecule has 1 rings (SSSR count). The highest BCUT2D eigenvalue weighted by Crippen LogP contribution is 2.30. The molecule has 0 saturated heterocycles. The van der Waals surface area contributed by atoms with Crippen molar-refractivity contribution in [2.75, 3.05) is 12.4 Å². The number of nitro groups is 1. The number of esters is 1. The van der Waals surface area contributed by atoms with E-state index in [1.54, 1.807) is 13.8 Å². The van der Waals surface area contributed by atoms with Crippen LogP contribution in [0.2, 0.25) is 0 Å². The smallest absolute Gasteiger partial charge is 0.328 e. The van der Waals surface area contributed by atoms with Crippen molar-refractivity contribution in [2.45, 2.75) is 19.9 Å². The lowest BCUT2D eigenvalue weighted by molar-refractivity contribution is -0.386. The van der Waals surface area contributed by atoms with Crippen LogP contribution < -0.4 is 5.32 Å². The zero-order valence-electron chi connectivity index (χ0n) is 11.1. The second kappa shape index (κ2) is 6.27. The number of carbonyl (C=O) groups is 1. The minimum atomic E-state index is -1.31. The number of hydrogen-bond acceptors (Lipinski definition) is 5. The van der Waals surface area contributed by atoms with Crippen LogP contribution in [0.1, 0.15) is 13.8 Å². The van der Waals surface area contributed by atoms with E-state index < -0.39 is 39.9 Å². The Morgan fingerprint density at radius 3 is 2.45 bits per heavy atom. The van der Waals surface area contributed by atoms with Crippen molar-refractivity contribution in [2.24, 2.45) is 5.92 Å². The first-order valence-corrected chi connectivity index (χ1v) is 5.75. The van der Waals surface area contributed by atoms with Gasteiger partial charge in [-0.15, -0.1) is 0 Å². The van der Waals surface area contributed by atoms with Gasteiger partial charge < -0.3 is 10.1 Å². The lowest BCUT2D eigenvalue weighted by atomic mass is 10.0. The van der Waals surface area contributed by atoms with Crippen molar-refractivity contribution in [3.8, 4) is 0 Å². The Morgan fingerprint density at radius 1 is 1.40 bits per heavy atom. The van der Waals surface area contributed by atoms with Crippen LogP contribution in [0.25, 0.3) is 0 Å². The van der Waals surface area contributed by atoms with E-state index in [1.165, 1.54) is 0 Å². The second-order valence-electron chi connectivity index (χ2n) is 4.43. The third kappa shape index (κ3) is 3.40. The van der Waals surface area contributed by atoms with E-state index in [1.807, 2.05) is 0 Å². The van der Waals surface area contributed by atoms with E-state index in [2.05, 4.69) is 10.1 Å². The number of carbonyl (C=O) groups excluding carboxylic acids is 1. The third-order valence-corrected chi connectivity index (χ3v) is 2.64. The van der Waals surface area contributed by atoms with Crippen LogP contribution in [0, 0.1) is 27.7 Å². The van der Waals surface area contributed by atoms with Crippen LogP contribution in [0.5, 0.6) is 0 Å². The van der Waals surface area contributed by atoms with Crippen molar-refractivity contribution in [1.29, 1.82) is 0 Å². The number of methoxy groups -OCH3 is 1. The molecule has 1 aromatic rings. The second-order valence-corrected chi connectivity index (χ2v) is 4.43. The molecular formula is C12H14F2N2O4. The van der Waals surface area contributed by atoms with Crippen LogP contribution >= 0.6 is 0 Å². The van der Waals surface area contributed by atoms with Crippen molar-refractivity contribution in [3.05, 3.63) is 33.9 Å². The summed E-state index contributed by atoms with van der Waals surface area (Å²) in [5.74, 6) is -3.28. The molecule has 0 aliphatic rings. The summed E-state index contributed by atoms with van der Waals surface area (Å²) in [6.07, 6.45) is 0. The van der Waals surface area contributed by atoms with Crippen molar-refractivity contribution in [1.82, 2.24) is 0 Å². The van der Waals surface area contributed by atoms with Gasteiger partial charge in [-0.05, 0) is 5.92 Å². The lowest BCUT2D eigenvalue weighted by Crippen LogP contribution is -2.35. The highest BCUT2D eigenvalue weighted by Gasteiger charge is 2.28.